The number of hydrogen-bond acceptors (Lipinski definition) is 6. The van der Waals surface area contributed by atoms with Crippen LogP contribution in [0.1, 0.15) is 34.1 Å². The van der Waals surface area contributed by atoms with Gasteiger partial charge in [0, 0.05) is 0 Å². The monoisotopic (exact) mass is 347 g/mol. The number of carbonyl (C=O) groups excluding carboxylic acids is 1. The van der Waals surface area contributed by atoms with E-state index in [9.17, 15) is 14.7 Å². The molecule has 9 heteroatoms. The zero-order valence-electron chi connectivity index (χ0n) is 14.6. The summed E-state index contributed by atoms with van der Waals surface area (Å²) in [6.07, 6.45) is -0.662. The summed E-state index contributed by atoms with van der Waals surface area (Å²) in [5.41, 5.74) is -0.201. The minimum atomic E-state index is -1.17. The Hall–Kier alpha value is -2.97. The molecule has 0 saturated heterocycles. The van der Waals surface area contributed by atoms with Crippen molar-refractivity contribution in [2.75, 3.05) is 4.90 Å². The molecule has 0 aliphatic carbocycles. The van der Waals surface area contributed by atoms with Gasteiger partial charge in [0.1, 0.15) is 11.6 Å². The van der Waals surface area contributed by atoms with Gasteiger partial charge < -0.3 is 9.84 Å². The molecule has 1 amide bonds. The quantitative estimate of drug-likeness (QED) is 0.883. The van der Waals surface area contributed by atoms with Gasteiger partial charge in [-0.25, -0.2) is 14.5 Å². The van der Waals surface area contributed by atoms with Crippen LogP contribution in [-0.4, -0.2) is 49.0 Å². The van der Waals surface area contributed by atoms with Gasteiger partial charge in [0.2, 0.25) is 0 Å². The van der Waals surface area contributed by atoms with Crippen molar-refractivity contribution in [3.8, 4) is 5.69 Å². The Morgan fingerprint density at radius 1 is 1.28 bits per heavy atom. The Morgan fingerprint density at radius 2 is 1.92 bits per heavy atom. The number of benzene rings is 1. The van der Waals surface area contributed by atoms with Gasteiger partial charge >= 0.3 is 12.1 Å². The number of ether oxygens (including phenoxy) is 1. The first-order valence-electron chi connectivity index (χ1n) is 7.83. The Kier molecular flexibility index (Phi) is 5.35. The van der Waals surface area contributed by atoms with E-state index >= 15 is 0 Å². The Bertz CT molecular complexity index is 738. The van der Waals surface area contributed by atoms with Gasteiger partial charge in [0.25, 0.3) is 5.95 Å². The van der Waals surface area contributed by atoms with Crippen LogP contribution in [0, 0.1) is 0 Å². The van der Waals surface area contributed by atoms with E-state index in [1.807, 2.05) is 6.07 Å². The van der Waals surface area contributed by atoms with Crippen LogP contribution in [0.4, 0.5) is 10.7 Å². The van der Waals surface area contributed by atoms with Crippen molar-refractivity contribution in [3.05, 3.63) is 30.3 Å². The zero-order valence-corrected chi connectivity index (χ0v) is 14.6. The highest BCUT2D eigenvalue weighted by molar-refractivity contribution is 5.93. The number of carbonyl (C=O) groups is 2. The van der Waals surface area contributed by atoms with Gasteiger partial charge in [-0.15, -0.1) is 0 Å². The smallest absolute Gasteiger partial charge is 0.418 e. The molecule has 0 spiro atoms. The third kappa shape index (κ3) is 4.31. The Balaban J connectivity index is 2.52. The van der Waals surface area contributed by atoms with Crippen molar-refractivity contribution >= 4 is 18.0 Å². The molecule has 0 aliphatic heterocycles. The lowest BCUT2D eigenvalue weighted by Crippen LogP contribution is -2.48. The number of rotatable bonds is 5. The fourth-order valence-corrected chi connectivity index (χ4v) is 2.20. The summed E-state index contributed by atoms with van der Waals surface area (Å²) in [4.78, 5) is 25.3. The number of tetrazole rings is 1. The van der Waals surface area contributed by atoms with Crippen LogP contribution in [0.5, 0.6) is 0 Å². The van der Waals surface area contributed by atoms with E-state index in [4.69, 9.17) is 4.74 Å². The second kappa shape index (κ2) is 7.29. The van der Waals surface area contributed by atoms with Crippen LogP contribution < -0.4 is 4.90 Å². The van der Waals surface area contributed by atoms with Crippen molar-refractivity contribution in [2.24, 2.45) is 0 Å². The molecule has 2 aromatic rings. The van der Waals surface area contributed by atoms with Gasteiger partial charge in [-0.05, 0) is 49.8 Å². The first-order chi connectivity index (χ1) is 11.7. The number of amides is 1. The number of anilines is 1. The largest absolute Gasteiger partial charge is 0.480 e. The third-order valence-corrected chi connectivity index (χ3v) is 3.24. The van der Waals surface area contributed by atoms with Crippen molar-refractivity contribution in [1.82, 2.24) is 20.2 Å². The third-order valence-electron chi connectivity index (χ3n) is 3.24. The molecule has 134 valence electrons. The molecule has 2 rings (SSSR count). The SMILES string of the molecule is CCC(C(=O)O)N(C(=O)OC(C)(C)C)c1nnnn1-c1ccccc1. The van der Waals surface area contributed by atoms with Crippen LogP contribution in [0.2, 0.25) is 0 Å². The van der Waals surface area contributed by atoms with E-state index in [1.165, 1.54) is 4.68 Å². The maximum absolute atomic E-state index is 12.7. The zero-order chi connectivity index (χ0) is 18.6. The molecule has 1 aromatic heterocycles. The Morgan fingerprint density at radius 3 is 2.44 bits per heavy atom. The van der Waals surface area contributed by atoms with Crippen molar-refractivity contribution in [2.45, 2.75) is 45.8 Å². The minimum Gasteiger partial charge on any atom is -0.480 e. The molecule has 1 N–H and O–H groups in total. The molecule has 1 atom stereocenters. The number of carboxylic acid groups (broad SMARTS) is 1. The lowest BCUT2D eigenvalue weighted by molar-refractivity contribution is -0.138. The molecule has 25 heavy (non-hydrogen) atoms. The first-order valence-corrected chi connectivity index (χ1v) is 7.83. The molecular weight excluding hydrogens is 326 g/mol. The van der Waals surface area contributed by atoms with Crippen molar-refractivity contribution < 1.29 is 19.4 Å². The summed E-state index contributed by atoms with van der Waals surface area (Å²) in [6, 6.07) is 7.72. The molecule has 0 aliphatic rings. The second-order valence-corrected chi connectivity index (χ2v) is 6.34. The minimum absolute atomic E-state index is 0.0188. The Labute approximate surface area is 145 Å². The van der Waals surface area contributed by atoms with Gasteiger partial charge in [0.15, 0.2) is 0 Å². The molecule has 0 fully saturated rings. The average Bonchev–Trinajstić information content (AvgIpc) is 3.00. The standard InChI is InChI=1S/C16H21N5O4/c1-5-12(13(22)23)20(15(24)25-16(2,3)4)14-17-18-19-21(14)11-9-7-6-8-10-11/h6-10,12H,5H2,1-4H3,(H,22,23). The summed E-state index contributed by atoms with van der Waals surface area (Å²) >= 11 is 0. The van der Waals surface area contributed by atoms with Crippen molar-refractivity contribution in [1.29, 1.82) is 0 Å². The van der Waals surface area contributed by atoms with E-state index in [2.05, 4.69) is 15.5 Å². The highest BCUT2D eigenvalue weighted by Crippen LogP contribution is 2.22. The summed E-state index contributed by atoms with van der Waals surface area (Å²) < 4.78 is 6.66. The topological polar surface area (TPSA) is 110 Å². The molecule has 0 radical (unpaired) electrons. The number of aromatic nitrogens is 4. The highest BCUT2D eigenvalue weighted by atomic mass is 16.6. The predicted molar refractivity (Wildman–Crippen MR) is 89.6 cm³/mol. The van der Waals surface area contributed by atoms with E-state index in [0.717, 1.165) is 4.90 Å². The number of aliphatic carboxylic acids is 1. The molecule has 0 saturated carbocycles. The second-order valence-electron chi connectivity index (χ2n) is 6.34. The van der Waals surface area contributed by atoms with E-state index < -0.39 is 23.7 Å². The van der Waals surface area contributed by atoms with E-state index in [-0.39, 0.29) is 12.4 Å². The number of carboxylic acids is 1. The molecular formula is C16H21N5O4. The van der Waals surface area contributed by atoms with Gasteiger partial charge in [-0.3, -0.25) is 0 Å². The molecule has 9 nitrogen and oxygen atoms in total. The molecule has 1 unspecified atom stereocenters. The summed E-state index contributed by atoms with van der Waals surface area (Å²) in [7, 11) is 0. The van der Waals surface area contributed by atoms with Crippen LogP contribution in [0.3, 0.4) is 0 Å². The normalized spacial score (nSPS) is 12.5. The van der Waals surface area contributed by atoms with Gasteiger partial charge in [-0.2, -0.15) is 4.68 Å². The predicted octanol–water partition coefficient (Wildman–Crippen LogP) is 2.27. The number of nitrogens with zero attached hydrogens (tertiary/aromatic N) is 5. The van der Waals surface area contributed by atoms with Crippen LogP contribution in [0.15, 0.2) is 30.3 Å². The fourth-order valence-electron chi connectivity index (χ4n) is 2.20. The first kappa shape index (κ1) is 18.4. The van der Waals surface area contributed by atoms with Crippen molar-refractivity contribution in [3.63, 3.8) is 0 Å². The summed E-state index contributed by atoms with van der Waals surface area (Å²) in [5.74, 6) is -1.19. The summed E-state index contributed by atoms with van der Waals surface area (Å²) in [6.45, 7) is 6.76. The van der Waals surface area contributed by atoms with Crippen LogP contribution >= 0.6 is 0 Å². The van der Waals surface area contributed by atoms with Gasteiger partial charge in [0.05, 0.1) is 5.69 Å². The lowest BCUT2D eigenvalue weighted by Gasteiger charge is -2.29. The maximum atomic E-state index is 12.7. The molecule has 1 heterocycles. The van der Waals surface area contributed by atoms with Crippen LogP contribution in [-0.2, 0) is 9.53 Å². The maximum Gasteiger partial charge on any atom is 0.418 e. The fraction of sp³-hybridized carbons (Fsp3) is 0.438. The van der Waals surface area contributed by atoms with E-state index in [0.29, 0.717) is 5.69 Å². The van der Waals surface area contributed by atoms with Gasteiger partial charge in [-0.1, -0.05) is 30.2 Å². The number of para-hydroxylation sites is 1. The average molecular weight is 347 g/mol. The summed E-state index contributed by atoms with van der Waals surface area (Å²) in [5, 5.41) is 20.9. The van der Waals surface area contributed by atoms with E-state index in [1.54, 1.807) is 52.0 Å². The van der Waals surface area contributed by atoms with Crippen LogP contribution in [0.25, 0.3) is 5.69 Å². The lowest BCUT2D eigenvalue weighted by atomic mass is 10.2. The molecule has 0 bridgehead atoms. The number of hydrogen-bond donors (Lipinski definition) is 1. The highest BCUT2D eigenvalue weighted by Gasteiger charge is 2.36. The molecule has 1 aromatic carbocycles.